The molecular weight excluding hydrogens is 346 g/mol. The van der Waals surface area contributed by atoms with Crippen LogP contribution >= 0.6 is 0 Å². The number of hydrogen-bond acceptors (Lipinski definition) is 5. The van der Waals surface area contributed by atoms with E-state index in [2.05, 4.69) is 74.1 Å². The predicted octanol–water partition coefficient (Wildman–Crippen LogP) is 4.91. The molecule has 0 saturated heterocycles. The molecule has 0 amide bonds. The lowest BCUT2D eigenvalue weighted by Gasteiger charge is -2.31. The van der Waals surface area contributed by atoms with E-state index in [9.17, 15) is 0 Å². The molecule has 1 aliphatic carbocycles. The number of nitrogens with zero attached hydrogens (tertiary/aromatic N) is 4. The number of rotatable bonds is 6. The van der Waals surface area contributed by atoms with Gasteiger partial charge in [0.15, 0.2) is 0 Å². The second kappa shape index (κ2) is 8.91. The number of aryl methyl sites for hydroxylation is 1. The maximum atomic E-state index is 4.46. The van der Waals surface area contributed by atoms with E-state index >= 15 is 0 Å². The Hall–Kier alpha value is -2.82. The Morgan fingerprint density at radius 3 is 2.43 bits per heavy atom. The van der Waals surface area contributed by atoms with E-state index in [-0.39, 0.29) is 0 Å². The van der Waals surface area contributed by atoms with Crippen LogP contribution < -0.4 is 10.2 Å². The summed E-state index contributed by atoms with van der Waals surface area (Å²) >= 11 is 0. The maximum Gasteiger partial charge on any atom is 0.223 e. The van der Waals surface area contributed by atoms with Crippen LogP contribution in [0.5, 0.6) is 0 Å². The molecule has 0 bridgehead atoms. The lowest BCUT2D eigenvalue weighted by Crippen LogP contribution is -2.28. The molecule has 2 aliphatic rings. The van der Waals surface area contributed by atoms with Gasteiger partial charge in [0.05, 0.1) is 0 Å². The van der Waals surface area contributed by atoms with Crippen molar-refractivity contribution in [3.8, 4) is 0 Å². The van der Waals surface area contributed by atoms with Gasteiger partial charge in [0.25, 0.3) is 0 Å². The van der Waals surface area contributed by atoms with Crippen molar-refractivity contribution in [2.75, 3.05) is 16.8 Å². The normalized spacial score (nSPS) is 21.8. The van der Waals surface area contributed by atoms with Gasteiger partial charge in [-0.3, -0.25) is 0 Å². The molecule has 1 saturated carbocycles. The Morgan fingerprint density at radius 2 is 1.71 bits per heavy atom. The Labute approximate surface area is 167 Å². The lowest BCUT2D eigenvalue weighted by atomic mass is 9.84. The number of benzene rings is 1. The van der Waals surface area contributed by atoms with Crippen LogP contribution in [0.1, 0.15) is 37.8 Å². The molecule has 5 heteroatoms. The molecule has 1 aliphatic heterocycles. The van der Waals surface area contributed by atoms with Gasteiger partial charge >= 0.3 is 0 Å². The molecule has 0 unspecified atom stereocenters. The fourth-order valence-electron chi connectivity index (χ4n) is 3.96. The van der Waals surface area contributed by atoms with E-state index in [0.717, 1.165) is 24.1 Å². The molecule has 2 aromatic rings. The summed E-state index contributed by atoms with van der Waals surface area (Å²) in [4.78, 5) is 13.2. The van der Waals surface area contributed by atoms with E-state index in [0.29, 0.717) is 6.04 Å². The van der Waals surface area contributed by atoms with E-state index < -0.39 is 0 Å². The van der Waals surface area contributed by atoms with Crippen LogP contribution in [0.3, 0.4) is 0 Å². The van der Waals surface area contributed by atoms with Crippen LogP contribution in [-0.4, -0.2) is 27.5 Å². The van der Waals surface area contributed by atoms with E-state index in [1.807, 2.05) is 25.3 Å². The van der Waals surface area contributed by atoms with Crippen molar-refractivity contribution in [1.29, 1.82) is 0 Å². The van der Waals surface area contributed by atoms with Crippen LogP contribution in [0.4, 0.5) is 11.6 Å². The SMILES string of the molecule is Cc1ccnc(NC2CCC(CCN3C=CN(c4ccccc4)C=C3)CC2)n1. The third-order valence-corrected chi connectivity index (χ3v) is 5.66. The fraction of sp³-hybridized carbons (Fsp3) is 0.391. The van der Waals surface area contributed by atoms with E-state index in [4.69, 9.17) is 0 Å². The minimum Gasteiger partial charge on any atom is -0.351 e. The van der Waals surface area contributed by atoms with Crippen molar-refractivity contribution in [1.82, 2.24) is 14.9 Å². The predicted molar refractivity (Wildman–Crippen MR) is 115 cm³/mol. The van der Waals surface area contributed by atoms with Crippen LogP contribution in [0.15, 0.2) is 67.4 Å². The number of hydrogen-bond donors (Lipinski definition) is 1. The largest absolute Gasteiger partial charge is 0.351 e. The van der Waals surface area contributed by atoms with Crippen molar-refractivity contribution in [3.63, 3.8) is 0 Å². The highest BCUT2D eigenvalue weighted by atomic mass is 15.2. The smallest absolute Gasteiger partial charge is 0.223 e. The molecule has 0 atom stereocenters. The highest BCUT2D eigenvalue weighted by Gasteiger charge is 2.22. The first-order valence-electron chi connectivity index (χ1n) is 10.3. The Balaban J connectivity index is 1.18. The fourth-order valence-corrected chi connectivity index (χ4v) is 3.96. The standard InChI is InChI=1S/C23H29N5/c1-19-11-13-24-23(25-19)26-21-9-7-20(8-10-21)12-14-27-15-17-28(18-16-27)22-5-3-2-4-6-22/h2-6,11,13,15-18,20-21H,7-10,12,14H2,1H3,(H,24,25,26). The van der Waals surface area contributed by atoms with Crippen LogP contribution in [-0.2, 0) is 0 Å². The molecule has 1 aromatic heterocycles. The molecule has 4 rings (SSSR count). The van der Waals surface area contributed by atoms with Gasteiger partial charge in [-0.15, -0.1) is 0 Å². The van der Waals surface area contributed by atoms with Gasteiger partial charge in [-0.25, -0.2) is 9.97 Å². The minimum atomic E-state index is 0.507. The van der Waals surface area contributed by atoms with Crippen molar-refractivity contribution < 1.29 is 0 Å². The van der Waals surface area contributed by atoms with E-state index in [1.54, 1.807) is 0 Å². The van der Waals surface area contributed by atoms with Crippen molar-refractivity contribution in [2.45, 2.75) is 45.1 Å². The summed E-state index contributed by atoms with van der Waals surface area (Å²) in [6, 6.07) is 12.9. The summed E-state index contributed by atoms with van der Waals surface area (Å²) in [7, 11) is 0. The third-order valence-electron chi connectivity index (χ3n) is 5.66. The van der Waals surface area contributed by atoms with Gasteiger partial charge in [-0.1, -0.05) is 18.2 Å². The summed E-state index contributed by atoms with van der Waals surface area (Å²) in [6.45, 7) is 3.09. The monoisotopic (exact) mass is 375 g/mol. The van der Waals surface area contributed by atoms with Crippen LogP contribution in [0, 0.1) is 12.8 Å². The summed E-state index contributed by atoms with van der Waals surface area (Å²) < 4.78 is 0. The summed E-state index contributed by atoms with van der Waals surface area (Å²) in [5, 5.41) is 3.51. The Bertz CT molecular complexity index is 795. The van der Waals surface area contributed by atoms with Crippen molar-refractivity contribution in [3.05, 3.63) is 73.1 Å². The molecule has 28 heavy (non-hydrogen) atoms. The third kappa shape index (κ3) is 4.91. The number of anilines is 2. The molecular formula is C23H29N5. The lowest BCUT2D eigenvalue weighted by molar-refractivity contribution is 0.297. The van der Waals surface area contributed by atoms with Crippen LogP contribution in [0.25, 0.3) is 0 Å². The quantitative estimate of drug-likeness (QED) is 0.777. The highest BCUT2D eigenvalue weighted by Crippen LogP contribution is 2.29. The maximum absolute atomic E-state index is 4.46. The molecule has 2 heterocycles. The van der Waals surface area contributed by atoms with Crippen molar-refractivity contribution >= 4 is 11.6 Å². The molecule has 1 aromatic carbocycles. The Kier molecular flexibility index (Phi) is 5.90. The first-order valence-corrected chi connectivity index (χ1v) is 10.3. The molecule has 1 fully saturated rings. The van der Waals surface area contributed by atoms with Gasteiger partial charge in [0.2, 0.25) is 5.95 Å². The second-order valence-electron chi connectivity index (χ2n) is 7.75. The van der Waals surface area contributed by atoms with Gasteiger partial charge in [0, 0.05) is 55.0 Å². The molecule has 1 N–H and O–H groups in total. The highest BCUT2D eigenvalue weighted by molar-refractivity contribution is 5.52. The average Bonchev–Trinajstić information content (AvgIpc) is 2.74. The average molecular weight is 376 g/mol. The zero-order valence-electron chi connectivity index (χ0n) is 16.5. The first-order chi connectivity index (χ1) is 13.8. The van der Waals surface area contributed by atoms with Gasteiger partial charge < -0.3 is 15.1 Å². The van der Waals surface area contributed by atoms with Crippen molar-refractivity contribution in [2.24, 2.45) is 5.92 Å². The number of aromatic nitrogens is 2. The summed E-state index contributed by atoms with van der Waals surface area (Å²) in [5.74, 6) is 1.58. The summed E-state index contributed by atoms with van der Waals surface area (Å²) in [6.07, 6.45) is 16.7. The zero-order chi connectivity index (χ0) is 19.2. The summed E-state index contributed by atoms with van der Waals surface area (Å²) in [5.41, 5.74) is 2.21. The molecule has 0 spiro atoms. The van der Waals surface area contributed by atoms with E-state index in [1.165, 1.54) is 37.8 Å². The first kappa shape index (κ1) is 18.5. The van der Waals surface area contributed by atoms with Gasteiger partial charge in [-0.2, -0.15) is 0 Å². The second-order valence-corrected chi connectivity index (χ2v) is 7.75. The zero-order valence-corrected chi connectivity index (χ0v) is 16.5. The molecule has 5 nitrogen and oxygen atoms in total. The number of para-hydroxylation sites is 1. The van der Waals surface area contributed by atoms with Gasteiger partial charge in [-0.05, 0) is 63.1 Å². The Morgan fingerprint density at radius 1 is 0.964 bits per heavy atom. The number of nitrogens with one attached hydrogen (secondary N) is 1. The van der Waals surface area contributed by atoms with Gasteiger partial charge in [0.1, 0.15) is 0 Å². The molecule has 146 valence electrons. The molecule has 0 radical (unpaired) electrons. The minimum absolute atomic E-state index is 0.507. The topological polar surface area (TPSA) is 44.3 Å². The van der Waals surface area contributed by atoms with Crippen LogP contribution in [0.2, 0.25) is 0 Å².